The van der Waals surface area contributed by atoms with E-state index >= 15 is 0 Å². The number of nitrogens with one attached hydrogen (secondary N) is 2. The first-order chi connectivity index (χ1) is 9.61. The van der Waals surface area contributed by atoms with E-state index in [2.05, 4.69) is 10.1 Å². The van der Waals surface area contributed by atoms with Gasteiger partial charge in [0.05, 0.1) is 6.61 Å². The van der Waals surface area contributed by atoms with Gasteiger partial charge in [-0.2, -0.15) is 13.2 Å². The highest BCUT2D eigenvalue weighted by Gasteiger charge is 2.27. The highest BCUT2D eigenvalue weighted by atomic mass is 19.4. The molecule has 0 aliphatic carbocycles. The monoisotopic (exact) mass is 315 g/mol. The minimum atomic E-state index is -4.45. The van der Waals surface area contributed by atoms with Gasteiger partial charge in [0.1, 0.15) is 12.6 Å². The lowest BCUT2D eigenvalue weighted by atomic mass is 10.1. The zero-order chi connectivity index (χ0) is 16.5. The van der Waals surface area contributed by atoms with E-state index in [1.165, 1.54) is 0 Å². The number of urea groups is 1. The number of rotatable bonds is 9. The number of carbonyl (C=O) groups is 3. The molecule has 8 nitrogen and oxygen atoms in total. The molecule has 0 saturated carbocycles. The maximum Gasteiger partial charge on any atom is 0.411 e. The lowest BCUT2D eigenvalue weighted by molar-refractivity contribution is -0.173. The maximum absolute atomic E-state index is 11.7. The zero-order valence-electron chi connectivity index (χ0n) is 10.9. The Morgan fingerprint density at radius 3 is 2.38 bits per heavy atom. The Morgan fingerprint density at radius 2 is 1.90 bits per heavy atom. The van der Waals surface area contributed by atoms with Crippen molar-refractivity contribution >= 4 is 17.9 Å². The summed E-state index contributed by atoms with van der Waals surface area (Å²) in [4.78, 5) is 32.6. The quantitative estimate of drug-likeness (QED) is 0.429. The molecule has 0 rings (SSSR count). The van der Waals surface area contributed by atoms with Crippen LogP contribution in [-0.2, 0) is 14.3 Å². The van der Waals surface area contributed by atoms with E-state index in [0.29, 0.717) is 0 Å². The van der Waals surface area contributed by atoms with Crippen LogP contribution in [-0.4, -0.2) is 55.0 Å². The van der Waals surface area contributed by atoms with Gasteiger partial charge in [0.15, 0.2) is 0 Å². The van der Waals surface area contributed by atoms with Crippen LogP contribution in [0.15, 0.2) is 0 Å². The molecular weight excluding hydrogens is 299 g/mol. The van der Waals surface area contributed by atoms with Crippen LogP contribution in [0.25, 0.3) is 0 Å². The minimum absolute atomic E-state index is 0.192. The van der Waals surface area contributed by atoms with Crippen LogP contribution in [0.2, 0.25) is 0 Å². The Bertz CT molecular complexity index is 375. The maximum atomic E-state index is 11.7. The van der Waals surface area contributed by atoms with Gasteiger partial charge in [-0.05, 0) is 6.42 Å². The van der Waals surface area contributed by atoms with Crippen LogP contribution in [0.1, 0.15) is 12.8 Å². The number of amides is 3. The minimum Gasteiger partial charge on any atom is -0.480 e. The van der Waals surface area contributed by atoms with E-state index in [1.54, 1.807) is 0 Å². The number of hydrogen-bond acceptors (Lipinski definition) is 4. The van der Waals surface area contributed by atoms with Crippen molar-refractivity contribution in [2.24, 2.45) is 5.73 Å². The second-order valence-corrected chi connectivity index (χ2v) is 3.96. The summed E-state index contributed by atoms with van der Waals surface area (Å²) in [6.07, 6.45) is -4.87. The van der Waals surface area contributed by atoms with Gasteiger partial charge in [0, 0.05) is 13.0 Å². The second kappa shape index (κ2) is 9.00. The predicted octanol–water partition coefficient (Wildman–Crippen LogP) is -0.417. The number of carboxylic acids is 1. The van der Waals surface area contributed by atoms with Gasteiger partial charge in [0.2, 0.25) is 5.91 Å². The molecule has 21 heavy (non-hydrogen) atoms. The van der Waals surface area contributed by atoms with Gasteiger partial charge in [0.25, 0.3) is 0 Å². The Morgan fingerprint density at radius 1 is 1.29 bits per heavy atom. The molecule has 11 heteroatoms. The number of carbonyl (C=O) groups excluding carboxylic acids is 2. The molecule has 0 aromatic heterocycles. The average molecular weight is 315 g/mol. The number of halogens is 3. The first-order valence-electron chi connectivity index (χ1n) is 5.82. The van der Waals surface area contributed by atoms with Crippen molar-refractivity contribution < 1.29 is 37.4 Å². The van der Waals surface area contributed by atoms with Gasteiger partial charge in [-0.1, -0.05) is 0 Å². The second-order valence-electron chi connectivity index (χ2n) is 3.96. The van der Waals surface area contributed by atoms with Gasteiger partial charge >= 0.3 is 18.2 Å². The fourth-order valence-corrected chi connectivity index (χ4v) is 1.18. The van der Waals surface area contributed by atoms with E-state index in [-0.39, 0.29) is 26.0 Å². The Hall–Kier alpha value is -2.04. The number of primary amides is 1. The largest absolute Gasteiger partial charge is 0.480 e. The van der Waals surface area contributed by atoms with Crippen molar-refractivity contribution in [3.05, 3.63) is 0 Å². The molecule has 1 atom stereocenters. The third kappa shape index (κ3) is 11.5. The molecule has 0 heterocycles. The van der Waals surface area contributed by atoms with Crippen molar-refractivity contribution in [2.45, 2.75) is 25.1 Å². The Kier molecular flexibility index (Phi) is 8.12. The molecule has 3 amide bonds. The molecule has 0 aromatic carbocycles. The zero-order valence-corrected chi connectivity index (χ0v) is 10.9. The molecule has 0 radical (unpaired) electrons. The van der Waals surface area contributed by atoms with Gasteiger partial charge in [-0.3, -0.25) is 4.79 Å². The van der Waals surface area contributed by atoms with E-state index < -0.39 is 36.7 Å². The molecule has 0 saturated heterocycles. The number of alkyl halides is 3. The molecular formula is C10H16F3N3O5. The summed E-state index contributed by atoms with van der Waals surface area (Å²) in [7, 11) is 0. The van der Waals surface area contributed by atoms with Crippen molar-refractivity contribution in [1.29, 1.82) is 0 Å². The van der Waals surface area contributed by atoms with Crippen LogP contribution in [0, 0.1) is 0 Å². The predicted molar refractivity (Wildman–Crippen MR) is 63.3 cm³/mol. The highest BCUT2D eigenvalue weighted by molar-refractivity contribution is 5.83. The molecule has 0 fully saturated rings. The van der Waals surface area contributed by atoms with E-state index in [1.807, 2.05) is 5.32 Å². The molecule has 1 unspecified atom stereocenters. The first kappa shape index (κ1) is 19.0. The number of hydrogen-bond donors (Lipinski definition) is 4. The van der Waals surface area contributed by atoms with Gasteiger partial charge < -0.3 is 26.2 Å². The smallest absolute Gasteiger partial charge is 0.411 e. The van der Waals surface area contributed by atoms with Crippen molar-refractivity contribution in [1.82, 2.24) is 10.6 Å². The number of ether oxygens (including phenoxy) is 1. The summed E-state index contributed by atoms with van der Waals surface area (Å²) in [5.74, 6) is -2.08. The summed E-state index contributed by atoms with van der Waals surface area (Å²) < 4.78 is 39.4. The van der Waals surface area contributed by atoms with Crippen LogP contribution in [0.5, 0.6) is 0 Å². The van der Waals surface area contributed by atoms with E-state index in [4.69, 9.17) is 10.8 Å². The summed E-state index contributed by atoms with van der Waals surface area (Å²) in [6, 6.07) is -2.23. The lowest BCUT2D eigenvalue weighted by Crippen LogP contribution is -2.47. The first-order valence-corrected chi connectivity index (χ1v) is 5.82. The normalized spacial score (nSPS) is 12.5. The topological polar surface area (TPSA) is 131 Å². The van der Waals surface area contributed by atoms with Crippen molar-refractivity contribution in [2.75, 3.05) is 19.8 Å². The number of carboxylic acid groups (broad SMARTS) is 1. The Labute approximate surface area is 117 Å². The van der Waals surface area contributed by atoms with Crippen LogP contribution < -0.4 is 16.4 Å². The van der Waals surface area contributed by atoms with Gasteiger partial charge in [-0.25, -0.2) is 9.59 Å². The third-order valence-corrected chi connectivity index (χ3v) is 2.08. The van der Waals surface area contributed by atoms with Crippen molar-refractivity contribution in [3.8, 4) is 0 Å². The molecule has 0 aromatic rings. The summed E-state index contributed by atoms with van der Waals surface area (Å²) in [5, 5.41) is 13.0. The molecule has 0 aliphatic heterocycles. The standard InChI is InChI=1S/C10H16F3N3O5/c11-10(12,13)5-21-4-3-15-9(20)16-6(8(18)19)1-2-7(14)17/h6H,1-5H2,(H2,14,17)(H,18,19)(H2,15,16,20). The van der Waals surface area contributed by atoms with Crippen LogP contribution in [0.3, 0.4) is 0 Å². The third-order valence-electron chi connectivity index (χ3n) is 2.08. The summed E-state index contributed by atoms with van der Waals surface area (Å²) in [6.45, 7) is -2.05. The van der Waals surface area contributed by atoms with Crippen LogP contribution >= 0.6 is 0 Å². The average Bonchev–Trinajstić information content (AvgIpc) is 2.31. The van der Waals surface area contributed by atoms with E-state index in [0.717, 1.165) is 0 Å². The molecule has 0 spiro atoms. The summed E-state index contributed by atoms with van der Waals surface area (Å²) in [5.41, 5.74) is 4.85. The van der Waals surface area contributed by atoms with Crippen LogP contribution in [0.4, 0.5) is 18.0 Å². The lowest BCUT2D eigenvalue weighted by Gasteiger charge is -2.14. The summed E-state index contributed by atoms with van der Waals surface area (Å²) >= 11 is 0. The van der Waals surface area contributed by atoms with Crippen molar-refractivity contribution in [3.63, 3.8) is 0 Å². The van der Waals surface area contributed by atoms with Gasteiger partial charge in [-0.15, -0.1) is 0 Å². The Balaban J connectivity index is 3.93. The molecule has 122 valence electrons. The molecule has 0 aliphatic rings. The SMILES string of the molecule is NC(=O)CCC(NC(=O)NCCOCC(F)(F)F)C(=O)O. The van der Waals surface area contributed by atoms with E-state index in [9.17, 15) is 27.6 Å². The number of nitrogens with two attached hydrogens (primary N) is 1. The fourth-order valence-electron chi connectivity index (χ4n) is 1.18. The molecule has 0 bridgehead atoms. The molecule has 5 N–H and O–H groups in total. The fraction of sp³-hybridized carbons (Fsp3) is 0.700. The number of aliphatic carboxylic acids is 1. The highest BCUT2D eigenvalue weighted by Crippen LogP contribution is 2.13.